The minimum atomic E-state index is -3.23. The van der Waals surface area contributed by atoms with Gasteiger partial charge in [0.2, 0.25) is 5.91 Å². The van der Waals surface area contributed by atoms with E-state index in [4.69, 9.17) is 5.73 Å². The number of primary amides is 1. The highest BCUT2D eigenvalue weighted by molar-refractivity contribution is 7.90. The zero-order valence-corrected chi connectivity index (χ0v) is 13.0. The molecule has 0 bridgehead atoms. The van der Waals surface area contributed by atoms with E-state index in [1.165, 1.54) is 12.1 Å². The Labute approximate surface area is 124 Å². The molecule has 0 heterocycles. The van der Waals surface area contributed by atoms with E-state index in [1.54, 1.807) is 24.1 Å². The summed E-state index contributed by atoms with van der Waals surface area (Å²) in [5, 5.41) is 1.99. The van der Waals surface area contributed by atoms with Crippen LogP contribution in [-0.4, -0.2) is 45.1 Å². The number of hydrogen-bond acceptors (Lipinski definition) is 5. The predicted octanol–water partition coefficient (Wildman–Crippen LogP) is 0.278. The van der Waals surface area contributed by atoms with E-state index in [2.05, 4.69) is 0 Å². The van der Waals surface area contributed by atoms with Crippen molar-refractivity contribution in [3.05, 3.63) is 29.8 Å². The molecule has 1 aromatic carbocycles. The molecule has 0 unspecified atom stereocenters. The molecule has 0 saturated heterocycles. The summed E-state index contributed by atoms with van der Waals surface area (Å²) in [5.41, 5.74) is 5.73. The summed E-state index contributed by atoms with van der Waals surface area (Å²) < 4.78 is 22.8. The van der Waals surface area contributed by atoms with Gasteiger partial charge in [-0.3, -0.25) is 15.0 Å². The molecule has 0 aliphatic carbocycles. The third kappa shape index (κ3) is 5.16. The summed E-state index contributed by atoms with van der Waals surface area (Å²) in [5.74, 6) is -0.496. The van der Waals surface area contributed by atoms with Gasteiger partial charge >= 0.3 is 6.03 Å². The maximum absolute atomic E-state index is 11.5. The summed E-state index contributed by atoms with van der Waals surface area (Å²) >= 11 is 0. The fourth-order valence-electron chi connectivity index (χ4n) is 1.79. The number of amides is 3. The average Bonchev–Trinajstić information content (AvgIpc) is 2.35. The maximum atomic E-state index is 11.5. The van der Waals surface area contributed by atoms with Crippen LogP contribution in [0.2, 0.25) is 0 Å². The maximum Gasteiger partial charge on any atom is 0.318 e. The van der Waals surface area contributed by atoms with Gasteiger partial charge in [0.05, 0.1) is 11.4 Å². The zero-order chi connectivity index (χ0) is 16.2. The first-order chi connectivity index (χ1) is 9.61. The Morgan fingerprint density at radius 2 is 1.81 bits per heavy atom. The van der Waals surface area contributed by atoms with Crippen molar-refractivity contribution in [3.63, 3.8) is 0 Å². The van der Waals surface area contributed by atoms with Gasteiger partial charge < -0.3 is 5.73 Å². The fourth-order valence-corrected chi connectivity index (χ4v) is 2.42. The number of likely N-dealkylation sites (N-methyl/N-ethyl adjacent to an activating group) is 1. The molecule has 3 amide bonds. The van der Waals surface area contributed by atoms with E-state index in [0.29, 0.717) is 0 Å². The normalized spacial score (nSPS) is 13.0. The van der Waals surface area contributed by atoms with E-state index in [-0.39, 0.29) is 17.5 Å². The van der Waals surface area contributed by atoms with Crippen LogP contribution in [0.3, 0.4) is 0 Å². The average molecular weight is 313 g/mol. The van der Waals surface area contributed by atoms with Crippen molar-refractivity contribution >= 4 is 21.8 Å². The largest absolute Gasteiger partial charge is 0.351 e. The molecule has 0 aliphatic rings. The highest BCUT2D eigenvalue weighted by atomic mass is 32.2. The van der Waals surface area contributed by atoms with Gasteiger partial charge in [-0.05, 0) is 31.7 Å². The van der Waals surface area contributed by atoms with Crippen molar-refractivity contribution in [3.8, 4) is 0 Å². The first-order valence-electron chi connectivity index (χ1n) is 6.21. The number of urea groups is 1. The third-order valence-electron chi connectivity index (χ3n) is 3.11. The number of rotatable bonds is 5. The quantitative estimate of drug-likeness (QED) is 0.811. The van der Waals surface area contributed by atoms with Crippen molar-refractivity contribution < 1.29 is 18.0 Å². The SMILES string of the molecule is C[C@@H](c1ccc(S(C)(=O)=O)cc1)N(C)CC(=O)NC(N)=O. The number of benzene rings is 1. The van der Waals surface area contributed by atoms with Crippen LogP contribution in [-0.2, 0) is 14.6 Å². The highest BCUT2D eigenvalue weighted by Crippen LogP contribution is 2.20. The molecule has 0 fully saturated rings. The van der Waals surface area contributed by atoms with Crippen LogP contribution < -0.4 is 11.1 Å². The Balaban J connectivity index is 2.76. The summed E-state index contributed by atoms with van der Waals surface area (Å²) in [7, 11) is -1.51. The van der Waals surface area contributed by atoms with Crippen LogP contribution >= 0.6 is 0 Å². The molecule has 0 spiro atoms. The van der Waals surface area contributed by atoms with Gasteiger partial charge in [-0.1, -0.05) is 12.1 Å². The number of nitrogens with zero attached hydrogens (tertiary/aromatic N) is 1. The molecule has 0 aromatic heterocycles. The van der Waals surface area contributed by atoms with E-state index in [1.807, 2.05) is 12.2 Å². The number of carbonyl (C=O) groups excluding carboxylic acids is 2. The Morgan fingerprint density at radius 3 is 2.24 bits per heavy atom. The number of hydrogen-bond donors (Lipinski definition) is 2. The van der Waals surface area contributed by atoms with Crippen molar-refractivity contribution in [2.45, 2.75) is 17.9 Å². The van der Waals surface area contributed by atoms with Crippen molar-refractivity contribution in [1.29, 1.82) is 0 Å². The molecule has 1 rings (SSSR count). The van der Waals surface area contributed by atoms with Crippen LogP contribution in [0.4, 0.5) is 4.79 Å². The number of imide groups is 1. The van der Waals surface area contributed by atoms with Crippen LogP contribution in [0, 0.1) is 0 Å². The van der Waals surface area contributed by atoms with Gasteiger partial charge in [-0.2, -0.15) is 0 Å². The smallest absolute Gasteiger partial charge is 0.318 e. The number of sulfone groups is 1. The molecule has 0 radical (unpaired) electrons. The summed E-state index contributed by atoms with van der Waals surface area (Å²) in [6.45, 7) is 1.87. The van der Waals surface area contributed by atoms with Crippen LogP contribution in [0.25, 0.3) is 0 Å². The molecular weight excluding hydrogens is 294 g/mol. The van der Waals surface area contributed by atoms with Gasteiger partial charge in [0.1, 0.15) is 0 Å². The Morgan fingerprint density at radius 1 is 1.29 bits per heavy atom. The lowest BCUT2D eigenvalue weighted by Crippen LogP contribution is -2.41. The van der Waals surface area contributed by atoms with E-state index in [0.717, 1.165) is 11.8 Å². The molecular formula is C13H19N3O4S. The van der Waals surface area contributed by atoms with Gasteiger partial charge in [0.25, 0.3) is 0 Å². The number of carbonyl (C=O) groups is 2. The number of nitrogens with one attached hydrogen (secondary N) is 1. The standard InChI is InChI=1S/C13H19N3O4S/c1-9(16(2)8-12(17)15-13(14)18)10-4-6-11(7-5-10)21(3,19)20/h4-7,9H,8H2,1-3H3,(H3,14,15,17,18)/t9-/m0/s1. The summed E-state index contributed by atoms with van der Waals surface area (Å²) in [6.07, 6.45) is 1.14. The second kappa shape index (κ2) is 6.68. The van der Waals surface area contributed by atoms with Crippen molar-refractivity contribution in [2.75, 3.05) is 19.8 Å². The van der Waals surface area contributed by atoms with E-state index in [9.17, 15) is 18.0 Å². The Kier molecular flexibility index (Phi) is 5.45. The lowest BCUT2D eigenvalue weighted by molar-refractivity contribution is -0.121. The molecule has 116 valence electrons. The molecule has 0 aliphatic heterocycles. The fraction of sp³-hybridized carbons (Fsp3) is 0.385. The molecule has 1 aromatic rings. The molecule has 7 nitrogen and oxygen atoms in total. The van der Waals surface area contributed by atoms with Crippen molar-refractivity contribution in [1.82, 2.24) is 10.2 Å². The van der Waals surface area contributed by atoms with E-state index < -0.39 is 21.8 Å². The van der Waals surface area contributed by atoms with Gasteiger partial charge in [-0.25, -0.2) is 13.2 Å². The second-order valence-corrected chi connectivity index (χ2v) is 6.86. The van der Waals surface area contributed by atoms with Crippen LogP contribution in [0.1, 0.15) is 18.5 Å². The van der Waals surface area contributed by atoms with Crippen molar-refractivity contribution in [2.24, 2.45) is 5.73 Å². The molecule has 3 N–H and O–H groups in total. The highest BCUT2D eigenvalue weighted by Gasteiger charge is 2.16. The summed E-state index contributed by atoms with van der Waals surface area (Å²) in [6, 6.07) is 5.43. The molecule has 8 heteroatoms. The summed E-state index contributed by atoms with van der Waals surface area (Å²) in [4.78, 5) is 24.0. The lowest BCUT2D eigenvalue weighted by atomic mass is 10.1. The van der Waals surface area contributed by atoms with E-state index >= 15 is 0 Å². The third-order valence-corrected chi connectivity index (χ3v) is 4.24. The predicted molar refractivity (Wildman–Crippen MR) is 78.3 cm³/mol. The number of nitrogens with two attached hydrogens (primary N) is 1. The zero-order valence-electron chi connectivity index (χ0n) is 12.2. The molecule has 21 heavy (non-hydrogen) atoms. The van der Waals surface area contributed by atoms with Gasteiger partial charge in [0, 0.05) is 12.3 Å². The first kappa shape index (κ1) is 17.1. The first-order valence-corrected chi connectivity index (χ1v) is 8.10. The lowest BCUT2D eigenvalue weighted by Gasteiger charge is -2.24. The van der Waals surface area contributed by atoms with Crippen LogP contribution in [0.15, 0.2) is 29.2 Å². The molecule has 1 atom stereocenters. The van der Waals surface area contributed by atoms with Gasteiger partial charge in [-0.15, -0.1) is 0 Å². The minimum absolute atomic E-state index is 0.00205. The monoisotopic (exact) mass is 313 g/mol. The van der Waals surface area contributed by atoms with Gasteiger partial charge in [0.15, 0.2) is 9.84 Å². The second-order valence-electron chi connectivity index (χ2n) is 4.84. The Hall–Kier alpha value is -1.93. The van der Waals surface area contributed by atoms with Crippen LogP contribution in [0.5, 0.6) is 0 Å². The molecule has 0 saturated carbocycles. The topological polar surface area (TPSA) is 110 Å². The minimum Gasteiger partial charge on any atom is -0.351 e. The Bertz CT molecular complexity index is 625.